The lowest BCUT2D eigenvalue weighted by Crippen LogP contribution is -2.22. The van der Waals surface area contributed by atoms with Crippen LogP contribution in [0.25, 0.3) is 11.3 Å². The largest absolute Gasteiger partial charge is 0.312 e. The number of aromatic nitrogens is 3. The van der Waals surface area contributed by atoms with Gasteiger partial charge in [-0.15, -0.1) is 0 Å². The Kier molecular flexibility index (Phi) is 5.80. The third kappa shape index (κ3) is 5.24. The Labute approximate surface area is 153 Å². The second kappa shape index (κ2) is 8.25. The van der Waals surface area contributed by atoms with Gasteiger partial charge in [0.2, 0.25) is 0 Å². The van der Waals surface area contributed by atoms with Crippen LogP contribution in [0.3, 0.4) is 0 Å². The van der Waals surface area contributed by atoms with Gasteiger partial charge in [0.05, 0.1) is 18.0 Å². The molecule has 7 heteroatoms. The lowest BCUT2D eigenvalue weighted by molar-refractivity contribution is 0.596. The summed E-state index contributed by atoms with van der Waals surface area (Å²) in [6, 6.07) is 14.0. The van der Waals surface area contributed by atoms with Gasteiger partial charge >= 0.3 is 0 Å². The molecule has 1 N–H and O–H groups in total. The Morgan fingerprint density at radius 1 is 1.12 bits per heavy atom. The Morgan fingerprint density at radius 2 is 1.92 bits per heavy atom. The molecule has 26 heavy (non-hydrogen) atoms. The van der Waals surface area contributed by atoms with E-state index in [1.807, 2.05) is 41.2 Å². The topological polar surface area (TPSA) is 76.9 Å². The van der Waals surface area contributed by atoms with Crippen LogP contribution >= 0.6 is 0 Å². The van der Waals surface area contributed by atoms with Gasteiger partial charge in [-0.3, -0.25) is 9.67 Å². The standard InChI is InChI=1S/C19H22N4O2S/c1-26(24,25)11-10-21-13-18-15-23(14-16-6-3-2-4-7-16)22-19(18)17-8-5-9-20-12-17/h2-9,12,15,21H,10-11,13-14H2,1H3. The molecule has 2 heterocycles. The summed E-state index contributed by atoms with van der Waals surface area (Å²) in [6.45, 7) is 1.64. The zero-order chi connectivity index (χ0) is 18.4. The highest BCUT2D eigenvalue weighted by molar-refractivity contribution is 7.90. The smallest absolute Gasteiger partial charge is 0.148 e. The predicted molar refractivity (Wildman–Crippen MR) is 102 cm³/mol. The van der Waals surface area contributed by atoms with E-state index in [1.165, 1.54) is 11.8 Å². The van der Waals surface area contributed by atoms with E-state index < -0.39 is 9.84 Å². The summed E-state index contributed by atoms with van der Waals surface area (Å²) in [4.78, 5) is 4.18. The fourth-order valence-electron chi connectivity index (χ4n) is 2.67. The van der Waals surface area contributed by atoms with Crippen molar-refractivity contribution in [1.82, 2.24) is 20.1 Å². The van der Waals surface area contributed by atoms with E-state index in [0.29, 0.717) is 19.6 Å². The molecule has 0 bridgehead atoms. The molecule has 0 saturated carbocycles. The maximum absolute atomic E-state index is 11.3. The molecule has 136 valence electrons. The highest BCUT2D eigenvalue weighted by atomic mass is 32.2. The summed E-state index contributed by atoms with van der Waals surface area (Å²) in [7, 11) is -2.97. The molecule has 0 aliphatic rings. The van der Waals surface area contributed by atoms with Crippen molar-refractivity contribution in [3.8, 4) is 11.3 Å². The van der Waals surface area contributed by atoms with Crippen molar-refractivity contribution >= 4 is 9.84 Å². The number of sulfone groups is 1. The lowest BCUT2D eigenvalue weighted by Gasteiger charge is -2.04. The minimum Gasteiger partial charge on any atom is -0.312 e. The van der Waals surface area contributed by atoms with Gasteiger partial charge in [0.25, 0.3) is 0 Å². The number of rotatable bonds is 8. The van der Waals surface area contributed by atoms with Crippen LogP contribution < -0.4 is 5.32 Å². The van der Waals surface area contributed by atoms with Crippen LogP contribution in [0, 0.1) is 0 Å². The summed E-state index contributed by atoms with van der Waals surface area (Å²) in [5, 5.41) is 7.91. The number of hydrogen-bond donors (Lipinski definition) is 1. The van der Waals surface area contributed by atoms with Crippen molar-refractivity contribution < 1.29 is 8.42 Å². The molecule has 0 amide bonds. The van der Waals surface area contributed by atoms with E-state index in [-0.39, 0.29) is 5.75 Å². The molecule has 1 aromatic carbocycles. The molecule has 0 radical (unpaired) electrons. The van der Waals surface area contributed by atoms with Crippen LogP contribution in [0.15, 0.2) is 61.1 Å². The summed E-state index contributed by atoms with van der Waals surface area (Å²) in [5.41, 5.74) is 3.99. The van der Waals surface area contributed by atoms with Gasteiger partial charge in [-0.1, -0.05) is 30.3 Å². The first kappa shape index (κ1) is 18.3. The third-order valence-corrected chi connectivity index (χ3v) is 4.87. The maximum Gasteiger partial charge on any atom is 0.148 e. The second-order valence-corrected chi connectivity index (χ2v) is 8.49. The normalized spacial score (nSPS) is 11.6. The number of benzene rings is 1. The SMILES string of the molecule is CS(=O)(=O)CCNCc1cn(Cc2ccccc2)nc1-c1cccnc1. The van der Waals surface area contributed by atoms with Crippen LogP contribution in [0.2, 0.25) is 0 Å². The Hall–Kier alpha value is -2.51. The van der Waals surface area contributed by atoms with Gasteiger partial charge < -0.3 is 5.32 Å². The average Bonchev–Trinajstić information content (AvgIpc) is 3.02. The van der Waals surface area contributed by atoms with Gasteiger partial charge in [0, 0.05) is 49.1 Å². The number of hydrogen-bond acceptors (Lipinski definition) is 5. The van der Waals surface area contributed by atoms with E-state index in [4.69, 9.17) is 5.10 Å². The van der Waals surface area contributed by atoms with Gasteiger partial charge in [-0.05, 0) is 17.7 Å². The van der Waals surface area contributed by atoms with Crippen LogP contribution in [0.4, 0.5) is 0 Å². The number of nitrogens with one attached hydrogen (secondary N) is 1. The van der Waals surface area contributed by atoms with E-state index in [1.54, 1.807) is 12.4 Å². The van der Waals surface area contributed by atoms with E-state index in [9.17, 15) is 8.42 Å². The van der Waals surface area contributed by atoms with Crippen LogP contribution in [-0.4, -0.2) is 41.7 Å². The lowest BCUT2D eigenvalue weighted by atomic mass is 10.1. The first-order chi connectivity index (χ1) is 12.5. The quantitative estimate of drug-likeness (QED) is 0.615. The second-order valence-electron chi connectivity index (χ2n) is 6.23. The third-order valence-electron chi connectivity index (χ3n) is 3.92. The first-order valence-electron chi connectivity index (χ1n) is 8.40. The van der Waals surface area contributed by atoms with Gasteiger partial charge in [0.1, 0.15) is 9.84 Å². The van der Waals surface area contributed by atoms with E-state index in [2.05, 4.69) is 22.4 Å². The van der Waals surface area contributed by atoms with E-state index in [0.717, 1.165) is 16.8 Å². The summed E-state index contributed by atoms with van der Waals surface area (Å²) >= 11 is 0. The monoisotopic (exact) mass is 370 g/mol. The molecule has 3 aromatic rings. The van der Waals surface area contributed by atoms with Crippen molar-refractivity contribution in [3.05, 3.63) is 72.2 Å². The fourth-order valence-corrected chi connectivity index (χ4v) is 3.19. The Bertz CT molecular complexity index is 938. The van der Waals surface area contributed by atoms with Crippen LogP contribution in [-0.2, 0) is 22.9 Å². The molecule has 0 aliphatic carbocycles. The summed E-state index contributed by atoms with van der Waals surface area (Å²) in [5.74, 6) is 0.118. The zero-order valence-corrected chi connectivity index (χ0v) is 15.5. The summed E-state index contributed by atoms with van der Waals surface area (Å²) < 4.78 is 24.5. The van der Waals surface area contributed by atoms with Crippen molar-refractivity contribution in [2.24, 2.45) is 0 Å². The molecule has 0 aliphatic heterocycles. The van der Waals surface area contributed by atoms with E-state index >= 15 is 0 Å². The first-order valence-corrected chi connectivity index (χ1v) is 10.5. The van der Waals surface area contributed by atoms with Crippen molar-refractivity contribution in [1.29, 1.82) is 0 Å². The molecule has 0 spiro atoms. The molecule has 0 atom stereocenters. The maximum atomic E-state index is 11.3. The Balaban J connectivity index is 1.79. The molecule has 0 saturated heterocycles. The molecule has 6 nitrogen and oxygen atoms in total. The van der Waals surface area contributed by atoms with Crippen molar-refractivity contribution in [3.63, 3.8) is 0 Å². The highest BCUT2D eigenvalue weighted by Crippen LogP contribution is 2.21. The number of nitrogens with zero attached hydrogens (tertiary/aromatic N) is 3. The van der Waals surface area contributed by atoms with Gasteiger partial charge in [0.15, 0.2) is 0 Å². The Morgan fingerprint density at radius 3 is 2.62 bits per heavy atom. The van der Waals surface area contributed by atoms with Crippen molar-refractivity contribution in [2.75, 3.05) is 18.6 Å². The van der Waals surface area contributed by atoms with Crippen LogP contribution in [0.5, 0.6) is 0 Å². The molecule has 0 unspecified atom stereocenters. The van der Waals surface area contributed by atoms with Gasteiger partial charge in [-0.2, -0.15) is 5.10 Å². The van der Waals surface area contributed by atoms with Crippen LogP contribution in [0.1, 0.15) is 11.1 Å². The minimum atomic E-state index is -2.97. The number of pyridine rings is 1. The van der Waals surface area contributed by atoms with Gasteiger partial charge in [-0.25, -0.2) is 8.42 Å². The minimum absolute atomic E-state index is 0.118. The molecule has 2 aromatic heterocycles. The molecule has 0 fully saturated rings. The molecule has 3 rings (SSSR count). The zero-order valence-electron chi connectivity index (χ0n) is 14.7. The molecular formula is C19H22N4O2S. The summed E-state index contributed by atoms with van der Waals surface area (Å²) in [6.07, 6.45) is 6.76. The predicted octanol–water partition coefficient (Wildman–Crippen LogP) is 2.13. The molecular weight excluding hydrogens is 348 g/mol. The average molecular weight is 370 g/mol. The fraction of sp³-hybridized carbons (Fsp3) is 0.263. The highest BCUT2D eigenvalue weighted by Gasteiger charge is 2.12. The van der Waals surface area contributed by atoms with Crippen molar-refractivity contribution in [2.45, 2.75) is 13.1 Å².